The number of benzene rings is 2. The highest BCUT2D eigenvalue weighted by Gasteiger charge is 2.63. The van der Waals surface area contributed by atoms with Crippen molar-refractivity contribution in [2.24, 2.45) is 35.5 Å². The molecule has 8 bridgehead atoms. The molecule has 2 unspecified atom stereocenters. The van der Waals surface area contributed by atoms with Crippen LogP contribution >= 0.6 is 7.92 Å². The molecule has 2 nitrogen and oxygen atoms in total. The molecule has 0 spiro atoms. The van der Waals surface area contributed by atoms with E-state index in [1.165, 1.54) is 112 Å². The normalized spacial score (nSPS) is 39.4. The van der Waals surface area contributed by atoms with Gasteiger partial charge in [-0.15, -0.1) is 0 Å². The molecule has 0 heterocycles. The van der Waals surface area contributed by atoms with Gasteiger partial charge in [-0.05, 0) is 195 Å². The van der Waals surface area contributed by atoms with Gasteiger partial charge in [0.2, 0.25) is 0 Å². The van der Waals surface area contributed by atoms with Crippen LogP contribution in [0, 0.1) is 35.5 Å². The summed E-state index contributed by atoms with van der Waals surface area (Å²) in [7, 11) is 0.650. The van der Waals surface area contributed by atoms with Gasteiger partial charge in [0, 0.05) is 7.05 Å². The lowest BCUT2D eigenvalue weighted by atomic mass is 9.55. The summed E-state index contributed by atoms with van der Waals surface area (Å²) in [6.45, 7) is 16.3. The van der Waals surface area contributed by atoms with Gasteiger partial charge < -0.3 is 0 Å². The summed E-state index contributed by atoms with van der Waals surface area (Å²) in [4.78, 5) is 0. The summed E-state index contributed by atoms with van der Waals surface area (Å²) in [5, 5.41) is 2.73. The van der Waals surface area contributed by atoms with Gasteiger partial charge in [-0.1, -0.05) is 78.1 Å². The second-order valence-corrected chi connectivity index (χ2v) is 26.9. The molecular formula is C46H66NOPS. The largest absolute Gasteiger partial charge is 0.242 e. The van der Waals surface area contributed by atoms with Crippen LogP contribution in [0.25, 0.3) is 0 Å². The van der Waals surface area contributed by atoms with Crippen molar-refractivity contribution in [2.45, 2.75) is 170 Å². The van der Waals surface area contributed by atoms with E-state index >= 15 is 0 Å². The summed E-state index contributed by atoms with van der Waals surface area (Å²) in [5.41, 5.74) is 6.22. The minimum absolute atomic E-state index is 0.0229. The van der Waals surface area contributed by atoms with Crippen molar-refractivity contribution in [1.82, 2.24) is 4.31 Å². The maximum absolute atomic E-state index is 14.6. The Balaban J connectivity index is 1.25. The van der Waals surface area contributed by atoms with Crippen molar-refractivity contribution in [2.75, 3.05) is 7.05 Å². The molecule has 0 saturated heterocycles. The molecule has 2 aromatic carbocycles. The maximum Gasteiger partial charge on any atom is 0.100 e. The SMILES string of the molecule is CN(C(c1ccc2c(c1)C(C)(C)CCC2(C)C)c1ccccc1P(C12CC3CC(CC(C3)C1)C2)C12CC3CC(CC(C3)C1)C2)S(=O)C(C)(C)C. The molecule has 0 amide bonds. The third kappa shape index (κ3) is 5.53. The highest BCUT2D eigenvalue weighted by atomic mass is 32.2. The Kier molecular flexibility index (Phi) is 8.15. The second kappa shape index (κ2) is 11.7. The monoisotopic (exact) mass is 711 g/mol. The first-order chi connectivity index (χ1) is 23.6. The van der Waals surface area contributed by atoms with Gasteiger partial charge in [0.1, 0.15) is 11.0 Å². The number of nitrogens with zero attached hydrogens (tertiary/aromatic N) is 1. The van der Waals surface area contributed by atoms with E-state index in [1.54, 1.807) is 5.30 Å². The standard InChI is InChI=1S/C46H66NOPS/c1-42(2,3)50(48)47(8)41(36-13-14-38-39(23-36)44(6,7)16-15-43(38,4)5)37-11-9-10-12-40(37)49(45-24-30-17-31(25-45)19-32(18-30)26-45)46-27-33-20-34(28-46)22-35(21-33)29-46/h9-14,23,30-35,41H,15-22,24-29H2,1-8H3. The molecule has 11 rings (SSSR count). The molecule has 2 aromatic rings. The zero-order chi connectivity index (χ0) is 35.0. The lowest BCUT2D eigenvalue weighted by molar-refractivity contribution is 0.0195. The molecule has 50 heavy (non-hydrogen) atoms. The zero-order valence-electron chi connectivity index (χ0n) is 32.7. The van der Waals surface area contributed by atoms with Crippen LogP contribution in [0.5, 0.6) is 0 Å². The molecule has 0 aliphatic heterocycles. The molecule has 9 aliphatic rings. The van der Waals surface area contributed by atoms with E-state index in [0.717, 1.165) is 35.5 Å². The third-order valence-electron chi connectivity index (χ3n) is 15.8. The van der Waals surface area contributed by atoms with Crippen molar-refractivity contribution < 1.29 is 4.21 Å². The van der Waals surface area contributed by atoms with E-state index in [1.807, 2.05) is 0 Å². The quantitative estimate of drug-likeness (QED) is 0.262. The minimum Gasteiger partial charge on any atom is -0.242 e. The van der Waals surface area contributed by atoms with Crippen molar-refractivity contribution in [3.8, 4) is 0 Å². The first kappa shape index (κ1) is 34.7. The highest BCUT2D eigenvalue weighted by Crippen LogP contribution is 2.78. The maximum atomic E-state index is 14.6. The van der Waals surface area contributed by atoms with Crippen molar-refractivity contribution in [3.05, 3.63) is 64.7 Å². The van der Waals surface area contributed by atoms with Crippen LogP contribution < -0.4 is 5.30 Å². The first-order valence-electron chi connectivity index (χ1n) is 20.7. The Bertz CT molecular complexity index is 1570. The van der Waals surface area contributed by atoms with Crippen LogP contribution in [0.3, 0.4) is 0 Å². The molecule has 0 radical (unpaired) electrons. The van der Waals surface area contributed by atoms with Gasteiger partial charge in [-0.25, -0.2) is 8.51 Å². The summed E-state index contributed by atoms with van der Waals surface area (Å²) < 4.78 is 16.6. The summed E-state index contributed by atoms with van der Waals surface area (Å²) in [6.07, 6.45) is 20.5. The number of hydrogen-bond donors (Lipinski definition) is 0. The molecule has 4 heteroatoms. The smallest absolute Gasteiger partial charge is 0.100 e. The molecule has 0 aromatic heterocycles. The Labute approximate surface area is 309 Å². The van der Waals surface area contributed by atoms with Gasteiger partial charge in [-0.3, -0.25) is 0 Å². The highest BCUT2D eigenvalue weighted by molar-refractivity contribution is 7.84. The van der Waals surface area contributed by atoms with Gasteiger partial charge in [0.25, 0.3) is 0 Å². The molecule has 0 N–H and O–H groups in total. The lowest BCUT2D eigenvalue weighted by Gasteiger charge is -2.67. The zero-order valence-corrected chi connectivity index (χ0v) is 34.4. The summed E-state index contributed by atoms with van der Waals surface area (Å²) in [6, 6.07) is 17.4. The van der Waals surface area contributed by atoms with Gasteiger partial charge in [-0.2, -0.15) is 0 Å². The van der Waals surface area contributed by atoms with Crippen LogP contribution in [-0.4, -0.2) is 30.6 Å². The van der Waals surface area contributed by atoms with Crippen molar-refractivity contribution in [1.29, 1.82) is 0 Å². The number of fused-ring (bicyclic) bond motifs is 1. The number of rotatable bonds is 7. The van der Waals surface area contributed by atoms with E-state index in [9.17, 15) is 4.21 Å². The van der Waals surface area contributed by atoms with Crippen LogP contribution in [0.1, 0.15) is 167 Å². The number of hydrogen-bond acceptors (Lipinski definition) is 1. The molecule has 272 valence electrons. The topological polar surface area (TPSA) is 20.3 Å². The van der Waals surface area contributed by atoms with Crippen molar-refractivity contribution >= 4 is 24.2 Å². The van der Waals surface area contributed by atoms with Crippen LogP contribution in [0.4, 0.5) is 0 Å². The molecule has 9 aliphatic carbocycles. The fourth-order valence-electron chi connectivity index (χ4n) is 14.5. The van der Waals surface area contributed by atoms with E-state index in [2.05, 4.69) is 102 Å². The van der Waals surface area contributed by atoms with Gasteiger partial charge in [0.05, 0.1) is 10.8 Å². The molecule has 8 saturated carbocycles. The third-order valence-corrected chi connectivity index (χ3v) is 21.4. The van der Waals surface area contributed by atoms with Crippen LogP contribution in [0.15, 0.2) is 42.5 Å². The Morgan fingerprint density at radius 3 is 1.58 bits per heavy atom. The Hall–Kier alpha value is -1.02. The Morgan fingerprint density at radius 2 is 1.12 bits per heavy atom. The first-order valence-corrected chi connectivity index (χ1v) is 23.2. The Morgan fingerprint density at radius 1 is 0.680 bits per heavy atom. The van der Waals surface area contributed by atoms with Gasteiger partial charge >= 0.3 is 0 Å². The van der Waals surface area contributed by atoms with Gasteiger partial charge in [0.15, 0.2) is 0 Å². The lowest BCUT2D eigenvalue weighted by Crippen LogP contribution is -2.58. The molecule has 8 fully saturated rings. The van der Waals surface area contributed by atoms with Crippen LogP contribution in [-0.2, 0) is 21.8 Å². The van der Waals surface area contributed by atoms with Crippen LogP contribution in [0.2, 0.25) is 0 Å². The minimum atomic E-state index is -1.15. The van der Waals surface area contributed by atoms with E-state index in [4.69, 9.17) is 0 Å². The second-order valence-electron chi connectivity index (χ2n) is 21.6. The summed E-state index contributed by atoms with van der Waals surface area (Å²) >= 11 is 0. The predicted molar refractivity (Wildman–Crippen MR) is 214 cm³/mol. The fraction of sp³-hybridized carbons (Fsp3) is 0.739. The summed E-state index contributed by atoms with van der Waals surface area (Å²) in [5.74, 6) is 5.78. The fourth-order valence-corrected chi connectivity index (χ4v) is 21.2. The molecular weight excluding hydrogens is 646 g/mol. The predicted octanol–water partition coefficient (Wildman–Crippen LogP) is 11.6. The average Bonchev–Trinajstić information content (AvgIpc) is 3.02. The van der Waals surface area contributed by atoms with E-state index < -0.39 is 11.0 Å². The molecule has 2 atom stereocenters. The average molecular weight is 712 g/mol. The van der Waals surface area contributed by atoms with E-state index in [0.29, 0.717) is 10.3 Å². The van der Waals surface area contributed by atoms with E-state index in [-0.39, 0.29) is 29.5 Å². The van der Waals surface area contributed by atoms with Crippen molar-refractivity contribution in [3.63, 3.8) is 0 Å².